The summed E-state index contributed by atoms with van der Waals surface area (Å²) < 4.78 is 0. The summed E-state index contributed by atoms with van der Waals surface area (Å²) in [6, 6.07) is 9.71. The first-order valence-corrected chi connectivity index (χ1v) is 7.74. The molecule has 0 spiro atoms. The number of carbonyl (C=O) groups excluding carboxylic acids is 1. The summed E-state index contributed by atoms with van der Waals surface area (Å²) in [5.41, 5.74) is 4.03. The molecule has 1 N–H and O–H groups in total. The van der Waals surface area contributed by atoms with E-state index in [4.69, 9.17) is 0 Å². The molecule has 0 saturated heterocycles. The van der Waals surface area contributed by atoms with Gasteiger partial charge in [-0.2, -0.15) is 0 Å². The second kappa shape index (κ2) is 6.24. The second-order valence-corrected chi connectivity index (χ2v) is 5.93. The predicted molar refractivity (Wildman–Crippen MR) is 96.4 cm³/mol. The van der Waals surface area contributed by atoms with Crippen molar-refractivity contribution in [1.29, 1.82) is 0 Å². The topological polar surface area (TPSA) is 62.8 Å². The van der Waals surface area contributed by atoms with E-state index in [1.807, 2.05) is 44.2 Å². The van der Waals surface area contributed by atoms with Crippen molar-refractivity contribution in [3.8, 4) is 0 Å². The third-order valence-electron chi connectivity index (χ3n) is 4.05. The fourth-order valence-corrected chi connectivity index (χ4v) is 2.69. The molecule has 24 heavy (non-hydrogen) atoms. The van der Waals surface area contributed by atoms with Crippen LogP contribution in [0.3, 0.4) is 0 Å². The van der Waals surface area contributed by atoms with Crippen LogP contribution in [0.5, 0.6) is 0 Å². The number of nitrogens with one attached hydrogen (secondary N) is 1. The Morgan fingerprint density at radius 3 is 2.54 bits per heavy atom. The van der Waals surface area contributed by atoms with Crippen LogP contribution in [0.1, 0.15) is 32.7 Å². The monoisotopic (exact) mass is 318 g/mol. The van der Waals surface area contributed by atoms with Gasteiger partial charge < -0.3 is 4.98 Å². The maximum Gasteiger partial charge on any atom is 0.259 e. The molecule has 4 heteroatoms. The Hall–Kier alpha value is -3.01. The van der Waals surface area contributed by atoms with E-state index in [0.29, 0.717) is 11.1 Å². The minimum Gasteiger partial charge on any atom is -0.320 e. The first kappa shape index (κ1) is 15.9. The number of aromatic nitrogens is 2. The van der Waals surface area contributed by atoms with E-state index in [1.54, 1.807) is 19.2 Å². The number of nitrogens with zero attached hydrogens (tertiary/aromatic N) is 1. The molecule has 4 nitrogen and oxygen atoms in total. The number of pyridine rings is 2. The van der Waals surface area contributed by atoms with Crippen LogP contribution in [0, 0.1) is 20.8 Å². The molecular formula is C20H18N2O2. The van der Waals surface area contributed by atoms with Gasteiger partial charge in [-0.25, -0.2) is 0 Å². The molecule has 0 unspecified atom stereocenters. The van der Waals surface area contributed by atoms with Crippen molar-refractivity contribution >= 4 is 22.8 Å². The Balaban J connectivity index is 2.03. The third-order valence-corrected chi connectivity index (χ3v) is 4.05. The predicted octanol–water partition coefficient (Wildman–Crippen LogP) is 3.74. The molecule has 1 aromatic carbocycles. The number of hydrogen-bond donors (Lipinski definition) is 1. The van der Waals surface area contributed by atoms with Gasteiger partial charge >= 0.3 is 0 Å². The van der Waals surface area contributed by atoms with Crippen LogP contribution < -0.4 is 5.56 Å². The standard InChI is InChI=1S/C20H18N2O2/c1-12-4-6-15(7-5-12)8-9-18(23)19-14(3)16-10-13(2)21-11-17(16)22-20(19)24/h4-11H,1-3H3,(H,22,24)/b9-8+. The first-order valence-electron chi connectivity index (χ1n) is 7.74. The second-order valence-electron chi connectivity index (χ2n) is 5.93. The Morgan fingerprint density at radius 2 is 1.83 bits per heavy atom. The van der Waals surface area contributed by atoms with Crippen LogP contribution in [-0.2, 0) is 0 Å². The summed E-state index contributed by atoms with van der Waals surface area (Å²) in [6.07, 6.45) is 4.79. The van der Waals surface area contributed by atoms with E-state index >= 15 is 0 Å². The van der Waals surface area contributed by atoms with Gasteiger partial charge in [0.25, 0.3) is 5.56 Å². The van der Waals surface area contributed by atoms with Crippen molar-refractivity contribution < 1.29 is 4.79 Å². The lowest BCUT2D eigenvalue weighted by molar-refractivity contribution is 0.104. The number of ketones is 1. The molecule has 0 aliphatic rings. The quantitative estimate of drug-likeness (QED) is 0.591. The lowest BCUT2D eigenvalue weighted by atomic mass is 10.0. The number of hydrogen-bond acceptors (Lipinski definition) is 3. The van der Waals surface area contributed by atoms with Crippen LogP contribution in [0.2, 0.25) is 0 Å². The fourth-order valence-electron chi connectivity index (χ4n) is 2.69. The van der Waals surface area contributed by atoms with Crippen LogP contribution >= 0.6 is 0 Å². The van der Waals surface area contributed by atoms with Crippen LogP contribution in [0.25, 0.3) is 17.0 Å². The highest BCUT2D eigenvalue weighted by Gasteiger charge is 2.14. The van der Waals surface area contributed by atoms with Gasteiger partial charge in [-0.05, 0) is 44.0 Å². The highest BCUT2D eigenvalue weighted by molar-refractivity contribution is 6.09. The van der Waals surface area contributed by atoms with Crippen molar-refractivity contribution in [1.82, 2.24) is 9.97 Å². The van der Waals surface area contributed by atoms with Crippen molar-refractivity contribution in [2.45, 2.75) is 20.8 Å². The highest BCUT2D eigenvalue weighted by atomic mass is 16.1. The van der Waals surface area contributed by atoms with Crippen molar-refractivity contribution in [2.24, 2.45) is 0 Å². The van der Waals surface area contributed by atoms with Gasteiger partial charge in [-0.1, -0.05) is 35.9 Å². The van der Waals surface area contributed by atoms with E-state index in [0.717, 1.165) is 22.2 Å². The molecule has 0 aliphatic heterocycles. The zero-order valence-corrected chi connectivity index (χ0v) is 13.9. The van der Waals surface area contributed by atoms with Crippen LogP contribution in [-0.4, -0.2) is 15.8 Å². The van der Waals surface area contributed by atoms with Crippen molar-refractivity contribution in [3.05, 3.63) is 80.9 Å². The SMILES string of the molecule is Cc1ccc(/C=C/C(=O)c2c(C)c3cc(C)ncc3[nH]c2=O)cc1. The van der Waals surface area contributed by atoms with E-state index < -0.39 is 0 Å². The summed E-state index contributed by atoms with van der Waals surface area (Å²) in [7, 11) is 0. The maximum atomic E-state index is 12.5. The molecule has 0 aliphatic carbocycles. The van der Waals surface area contributed by atoms with E-state index in [2.05, 4.69) is 9.97 Å². The van der Waals surface area contributed by atoms with E-state index in [1.165, 1.54) is 6.08 Å². The molecule has 0 radical (unpaired) electrons. The van der Waals surface area contributed by atoms with E-state index in [9.17, 15) is 9.59 Å². The molecule has 120 valence electrons. The smallest absolute Gasteiger partial charge is 0.259 e. The lowest BCUT2D eigenvalue weighted by Gasteiger charge is -2.07. The number of H-pyrrole nitrogens is 1. The molecular weight excluding hydrogens is 300 g/mol. The largest absolute Gasteiger partial charge is 0.320 e. The van der Waals surface area contributed by atoms with Gasteiger partial charge in [0.1, 0.15) is 0 Å². The molecule has 0 saturated carbocycles. The van der Waals surface area contributed by atoms with E-state index in [-0.39, 0.29) is 16.9 Å². The summed E-state index contributed by atoms with van der Waals surface area (Å²) in [4.78, 5) is 31.7. The zero-order valence-electron chi connectivity index (χ0n) is 13.9. The average molecular weight is 318 g/mol. The Morgan fingerprint density at radius 1 is 1.12 bits per heavy atom. The fraction of sp³-hybridized carbons (Fsp3) is 0.150. The van der Waals surface area contributed by atoms with Crippen molar-refractivity contribution in [3.63, 3.8) is 0 Å². The third kappa shape index (κ3) is 3.04. The van der Waals surface area contributed by atoms with Gasteiger partial charge in [0, 0.05) is 11.1 Å². The first-order chi connectivity index (χ1) is 11.5. The number of aromatic amines is 1. The molecule has 2 heterocycles. The minimum absolute atomic E-state index is 0.177. The van der Waals surface area contributed by atoms with Crippen molar-refractivity contribution in [2.75, 3.05) is 0 Å². The van der Waals surface area contributed by atoms with Gasteiger partial charge in [0.05, 0.1) is 17.3 Å². The molecule has 0 amide bonds. The van der Waals surface area contributed by atoms with Crippen LogP contribution in [0.4, 0.5) is 0 Å². The van der Waals surface area contributed by atoms with Gasteiger partial charge in [-0.3, -0.25) is 14.6 Å². The molecule has 3 aromatic rings. The number of rotatable bonds is 3. The summed E-state index contributed by atoms with van der Waals surface area (Å²) in [6.45, 7) is 5.68. The number of carbonyl (C=O) groups is 1. The molecule has 0 bridgehead atoms. The summed E-state index contributed by atoms with van der Waals surface area (Å²) in [5, 5.41) is 0.842. The Bertz CT molecular complexity index is 1010. The molecule has 0 fully saturated rings. The normalized spacial score (nSPS) is 11.3. The number of fused-ring (bicyclic) bond motifs is 1. The average Bonchev–Trinajstić information content (AvgIpc) is 2.55. The lowest BCUT2D eigenvalue weighted by Crippen LogP contribution is -2.19. The number of aryl methyl sites for hydroxylation is 3. The molecule has 2 aromatic heterocycles. The minimum atomic E-state index is -0.385. The Kier molecular flexibility index (Phi) is 4.13. The Labute approximate surface area is 139 Å². The number of allylic oxidation sites excluding steroid dienone is 1. The van der Waals surface area contributed by atoms with Crippen LogP contribution in [0.15, 0.2) is 47.4 Å². The molecule has 0 atom stereocenters. The van der Waals surface area contributed by atoms with Gasteiger partial charge in [-0.15, -0.1) is 0 Å². The summed E-state index contributed by atoms with van der Waals surface area (Å²) >= 11 is 0. The maximum absolute atomic E-state index is 12.5. The highest BCUT2D eigenvalue weighted by Crippen LogP contribution is 2.18. The van der Waals surface area contributed by atoms with Gasteiger partial charge in [0.2, 0.25) is 0 Å². The summed E-state index contributed by atoms with van der Waals surface area (Å²) in [5.74, 6) is -0.300. The zero-order chi connectivity index (χ0) is 17.3. The molecule has 3 rings (SSSR count). The number of benzene rings is 1. The van der Waals surface area contributed by atoms with Gasteiger partial charge in [0.15, 0.2) is 5.78 Å².